The maximum atomic E-state index is 11.5. The Morgan fingerprint density at radius 3 is 0.940 bits per heavy atom. The van der Waals surface area contributed by atoms with Crippen molar-refractivity contribution in [2.75, 3.05) is 59.5 Å². The Balaban J connectivity index is 5.20. The average Bonchev–Trinajstić information content (AvgIpc) is 2.97. The third-order valence-corrected chi connectivity index (χ3v) is 16.3. The van der Waals surface area contributed by atoms with Gasteiger partial charge in [0.2, 0.25) is 5.60 Å². The minimum atomic E-state index is -2.27. The molecule has 0 aromatic carbocycles. The van der Waals surface area contributed by atoms with E-state index in [0.717, 1.165) is 37.4 Å². The van der Waals surface area contributed by atoms with E-state index in [1.807, 2.05) is 0 Å². The van der Waals surface area contributed by atoms with E-state index in [1.54, 1.807) is 20.8 Å². The second-order valence-electron chi connectivity index (χ2n) is 14.3. The van der Waals surface area contributed by atoms with E-state index >= 15 is 0 Å². The maximum Gasteiger partial charge on any atom is 0.333 e. The molecule has 12 nitrogen and oxygen atoms in total. The third-order valence-electron chi connectivity index (χ3n) is 7.02. The van der Waals surface area contributed by atoms with Crippen molar-refractivity contribution in [3.05, 3.63) is 36.5 Å². The number of hydrogen-bond donors (Lipinski definition) is 0. The molecular weight excluding hydrogens is 713 g/mol. The van der Waals surface area contributed by atoms with Crippen molar-refractivity contribution < 1.29 is 56.1 Å². The Morgan fingerprint density at radius 2 is 0.720 bits per heavy atom. The second kappa shape index (κ2) is 24.5. The monoisotopic (exact) mass is 778 g/mol. The molecule has 0 heterocycles. The van der Waals surface area contributed by atoms with Crippen molar-refractivity contribution in [3.63, 3.8) is 0 Å². The summed E-state index contributed by atoms with van der Waals surface area (Å²) in [5.74, 6) is -1.25. The Hall–Kier alpha value is -1.74. The zero-order chi connectivity index (χ0) is 38.4. The Kier molecular flexibility index (Phi) is 23.6. The summed E-state index contributed by atoms with van der Waals surface area (Å²) >= 11 is 0. The second-order valence-corrected chi connectivity index (χ2v) is 28.2. The highest BCUT2D eigenvalue weighted by molar-refractivity contribution is 6.74. The summed E-state index contributed by atoms with van der Waals surface area (Å²) in [4.78, 5) is 34.6. The average molecular weight is 779 g/mol. The predicted octanol–water partition coefficient (Wildman–Crippen LogP) is 5.21. The maximum absolute atomic E-state index is 11.5. The molecule has 0 aliphatic heterocycles. The van der Waals surface area contributed by atoms with Crippen LogP contribution in [-0.4, -0.2) is 118 Å². The summed E-state index contributed by atoms with van der Waals surface area (Å²) in [6, 6.07) is 2.52. The predicted molar refractivity (Wildman–Crippen MR) is 206 cm³/mol. The molecule has 0 N–H and O–H groups in total. The molecule has 0 saturated carbocycles. The van der Waals surface area contributed by atoms with Gasteiger partial charge in [-0.1, -0.05) is 19.7 Å². The minimum absolute atomic E-state index is 0.189. The summed E-state index contributed by atoms with van der Waals surface area (Å²) in [5, 5.41) is 0. The Bertz CT molecular complexity index is 963. The van der Waals surface area contributed by atoms with Crippen LogP contribution in [0.4, 0.5) is 0 Å². The number of esters is 3. The molecule has 0 bridgehead atoms. The van der Waals surface area contributed by atoms with Crippen molar-refractivity contribution in [1.29, 1.82) is 0 Å². The number of rotatable bonds is 30. The van der Waals surface area contributed by atoms with Crippen molar-refractivity contribution in [2.45, 2.75) is 103 Å². The van der Waals surface area contributed by atoms with Crippen LogP contribution in [0.5, 0.6) is 0 Å². The molecule has 0 amide bonds. The van der Waals surface area contributed by atoms with Crippen LogP contribution < -0.4 is 0 Å². The van der Waals surface area contributed by atoms with Crippen LogP contribution in [0.15, 0.2) is 36.5 Å². The largest absolute Gasteiger partial charge is 0.460 e. The van der Waals surface area contributed by atoms with Gasteiger partial charge in [-0.2, -0.15) is 0 Å². The highest BCUT2D eigenvalue weighted by Gasteiger charge is 2.44. The molecule has 0 spiro atoms. The van der Waals surface area contributed by atoms with Crippen LogP contribution in [0.2, 0.25) is 57.4 Å². The molecule has 290 valence electrons. The fraction of sp³-hybridized carbons (Fsp3) is 0.735. The molecule has 0 fully saturated rings. The van der Waals surface area contributed by atoms with E-state index in [1.165, 1.54) is 0 Å². The zero-order valence-corrected chi connectivity index (χ0v) is 37.6. The lowest BCUT2D eigenvalue weighted by Crippen LogP contribution is -2.58. The summed E-state index contributed by atoms with van der Waals surface area (Å²) < 4.78 is 53.1. The van der Waals surface area contributed by atoms with Crippen molar-refractivity contribution >= 4 is 53.1 Å². The normalized spacial score (nSPS) is 12.4. The van der Waals surface area contributed by atoms with Gasteiger partial charge in [0.1, 0.15) is 30.1 Å². The number of ether oxygens (including phenoxy) is 6. The smallest absolute Gasteiger partial charge is 0.333 e. The molecule has 0 aromatic heterocycles. The first-order chi connectivity index (χ1) is 23.1. The molecule has 0 atom stereocenters. The van der Waals surface area contributed by atoms with Gasteiger partial charge in [-0.15, -0.1) is 0 Å². The first-order valence-electron chi connectivity index (χ1n) is 17.4. The molecular formula is C34H66O12Si4. The molecule has 16 heteroatoms. The van der Waals surface area contributed by atoms with Crippen molar-refractivity contribution in [3.8, 4) is 0 Å². The van der Waals surface area contributed by atoms with Gasteiger partial charge in [0.05, 0.1) is 19.8 Å². The van der Waals surface area contributed by atoms with Crippen LogP contribution in [0.25, 0.3) is 0 Å². The summed E-state index contributed by atoms with van der Waals surface area (Å²) in [7, 11) is -6.31. The number of carbonyl (C=O) groups excluding carboxylic acids is 3. The van der Waals surface area contributed by atoms with Gasteiger partial charge in [-0.05, 0) is 97.4 Å². The highest BCUT2D eigenvalue weighted by Crippen LogP contribution is 2.32. The number of carbonyl (C=O) groups is 3. The summed E-state index contributed by atoms with van der Waals surface area (Å²) in [5.41, 5.74) is 0.00151. The van der Waals surface area contributed by atoms with E-state index in [-0.39, 0.29) is 19.8 Å². The molecule has 50 heavy (non-hydrogen) atoms. The van der Waals surface area contributed by atoms with Crippen LogP contribution in [0.3, 0.4) is 0 Å². The van der Waals surface area contributed by atoms with E-state index in [4.69, 9.17) is 41.7 Å². The van der Waals surface area contributed by atoms with Gasteiger partial charge in [-0.3, -0.25) is 0 Å². The summed E-state index contributed by atoms with van der Waals surface area (Å²) in [6.07, 6.45) is 2.39. The van der Waals surface area contributed by atoms with E-state index in [9.17, 15) is 14.4 Å². The standard InChI is InChI=1S/C34H66O12Si4/c1-28(2)31(35)41-22-19-38-16-13-25-48(7,8)44-34(47,45-49(9,10)26-14-17-39-20-23-42-32(36)29(3)4)46-50(11,12)27-15-18-40-21-24-43-33(37)30(5)6/h1,3,5,13-27H2,2,4,6-12,47H3. The molecule has 0 aliphatic rings. The van der Waals surface area contributed by atoms with Gasteiger partial charge in [-0.25, -0.2) is 14.4 Å². The minimum Gasteiger partial charge on any atom is -0.460 e. The van der Waals surface area contributed by atoms with Gasteiger partial charge in [0, 0.05) is 36.5 Å². The quantitative estimate of drug-likeness (QED) is 0.0237. The first-order valence-corrected chi connectivity index (χ1v) is 27.8. The van der Waals surface area contributed by atoms with Crippen LogP contribution in [0, 0.1) is 0 Å². The van der Waals surface area contributed by atoms with Gasteiger partial charge in [0.25, 0.3) is 0 Å². The SMILES string of the molecule is C=C(C)C(=O)OCCOCCC[Si](C)(C)OC([SiH3])(O[Si](C)(C)CCCOCCOC(=O)C(=C)C)O[Si](C)(C)CCCOCCOC(=O)C(=C)C. The van der Waals surface area contributed by atoms with E-state index in [2.05, 4.69) is 59.0 Å². The third kappa shape index (κ3) is 25.2. The lowest BCUT2D eigenvalue weighted by atomic mass is 10.4. The van der Waals surface area contributed by atoms with E-state index in [0.29, 0.717) is 66.6 Å². The highest BCUT2D eigenvalue weighted by atomic mass is 28.4. The van der Waals surface area contributed by atoms with Crippen molar-refractivity contribution in [1.82, 2.24) is 0 Å². The fourth-order valence-electron chi connectivity index (χ4n) is 4.78. The zero-order valence-electron chi connectivity index (χ0n) is 32.6. The molecule has 0 radical (unpaired) electrons. The molecule has 0 aromatic rings. The fourth-order valence-corrected chi connectivity index (χ4v) is 16.6. The topological polar surface area (TPSA) is 134 Å². The van der Waals surface area contributed by atoms with Gasteiger partial charge < -0.3 is 41.7 Å². The lowest BCUT2D eigenvalue weighted by Gasteiger charge is -2.46. The first kappa shape index (κ1) is 48.3. The Labute approximate surface area is 307 Å². The lowest BCUT2D eigenvalue weighted by molar-refractivity contribution is -0.203. The van der Waals surface area contributed by atoms with Gasteiger partial charge >= 0.3 is 17.9 Å². The molecule has 0 saturated heterocycles. The molecule has 0 unspecified atom stereocenters. The van der Waals surface area contributed by atoms with Crippen molar-refractivity contribution in [2.24, 2.45) is 0 Å². The van der Waals surface area contributed by atoms with Crippen LogP contribution in [-0.2, 0) is 56.1 Å². The summed E-state index contributed by atoms with van der Waals surface area (Å²) in [6.45, 7) is 31.7. The number of hydrogen-bond acceptors (Lipinski definition) is 12. The van der Waals surface area contributed by atoms with E-state index < -0.39 is 48.5 Å². The van der Waals surface area contributed by atoms with Gasteiger partial charge in [0.15, 0.2) is 25.0 Å². The van der Waals surface area contributed by atoms with Crippen LogP contribution in [0.1, 0.15) is 40.0 Å². The molecule has 0 rings (SSSR count). The van der Waals surface area contributed by atoms with Crippen LogP contribution >= 0.6 is 0 Å². The Morgan fingerprint density at radius 1 is 0.480 bits per heavy atom. The molecule has 0 aliphatic carbocycles.